The molecule has 2 heterocycles. The first-order valence-electron chi connectivity index (χ1n) is 5.18. The molecule has 0 unspecified atom stereocenters. The molecule has 0 saturated carbocycles. The average molecular weight is 280 g/mol. The largest absolute Gasteiger partial charge is 0.359 e. The van der Waals surface area contributed by atoms with Crippen molar-refractivity contribution in [2.24, 2.45) is 5.84 Å². The van der Waals surface area contributed by atoms with Crippen LogP contribution in [0.4, 0.5) is 5.69 Å². The molecule has 3 N–H and O–H groups in total. The monoisotopic (exact) mass is 280 g/mol. The van der Waals surface area contributed by atoms with Gasteiger partial charge in [0.25, 0.3) is 5.91 Å². The number of nitro groups is 1. The van der Waals surface area contributed by atoms with E-state index in [1.165, 1.54) is 6.07 Å². The molecule has 0 fully saturated rings. The summed E-state index contributed by atoms with van der Waals surface area (Å²) < 4.78 is 5.78. The van der Waals surface area contributed by atoms with E-state index in [4.69, 9.17) is 10.4 Å². The minimum absolute atomic E-state index is 0.0751. The number of hydrazine groups is 1. The van der Waals surface area contributed by atoms with E-state index in [2.05, 4.69) is 10.1 Å². The van der Waals surface area contributed by atoms with E-state index in [0.29, 0.717) is 0 Å². The van der Waals surface area contributed by atoms with Crippen LogP contribution in [0.1, 0.15) is 16.2 Å². The van der Waals surface area contributed by atoms with Crippen molar-refractivity contribution in [3.63, 3.8) is 0 Å². The second-order valence-corrected chi connectivity index (χ2v) is 3.63. The van der Waals surface area contributed by atoms with Crippen molar-refractivity contribution in [1.29, 1.82) is 0 Å². The Labute approximate surface area is 110 Å². The molecule has 11 heteroatoms. The highest BCUT2D eigenvalue weighted by molar-refractivity contribution is 5.91. The summed E-state index contributed by atoms with van der Waals surface area (Å²) in [6.45, 7) is -0.154. The molecule has 20 heavy (non-hydrogen) atoms. The Morgan fingerprint density at radius 2 is 2.35 bits per heavy atom. The molecule has 0 aliphatic rings. The Balaban J connectivity index is 2.28. The van der Waals surface area contributed by atoms with E-state index in [-0.39, 0.29) is 23.7 Å². The summed E-state index contributed by atoms with van der Waals surface area (Å²) >= 11 is 0. The lowest BCUT2D eigenvalue weighted by Gasteiger charge is -2.00. The fourth-order valence-electron chi connectivity index (χ4n) is 1.39. The van der Waals surface area contributed by atoms with Crippen molar-refractivity contribution in [3.05, 3.63) is 50.5 Å². The van der Waals surface area contributed by atoms with E-state index in [9.17, 15) is 19.7 Å². The zero-order valence-corrected chi connectivity index (χ0v) is 9.85. The molecule has 0 atom stereocenters. The minimum Gasteiger partial charge on any atom is -0.359 e. The van der Waals surface area contributed by atoms with Crippen LogP contribution in [0.15, 0.2) is 27.8 Å². The number of aromatic nitrogens is 3. The Morgan fingerprint density at radius 1 is 1.60 bits per heavy atom. The molecule has 0 aliphatic carbocycles. The molecule has 2 aromatic heterocycles. The van der Waals surface area contributed by atoms with Gasteiger partial charge in [0.15, 0.2) is 11.5 Å². The van der Waals surface area contributed by atoms with Crippen LogP contribution in [0.25, 0.3) is 0 Å². The summed E-state index contributed by atoms with van der Waals surface area (Å²) in [5.41, 5.74) is 0.746. The van der Waals surface area contributed by atoms with Gasteiger partial charge in [-0.3, -0.25) is 24.9 Å². The average Bonchev–Trinajstić information content (AvgIpc) is 2.88. The summed E-state index contributed by atoms with van der Waals surface area (Å²) in [6.07, 6.45) is 1.87. The number of nitrogen functional groups attached to an aromatic ring is 1. The van der Waals surface area contributed by atoms with Crippen LogP contribution in [-0.2, 0) is 6.54 Å². The zero-order chi connectivity index (χ0) is 14.7. The quantitative estimate of drug-likeness (QED) is 0.305. The lowest BCUT2D eigenvalue weighted by atomic mass is 10.3. The highest BCUT2D eigenvalue weighted by Crippen LogP contribution is 2.08. The van der Waals surface area contributed by atoms with E-state index >= 15 is 0 Å². The summed E-state index contributed by atoms with van der Waals surface area (Å²) in [5, 5.41) is 14.0. The van der Waals surface area contributed by atoms with Gasteiger partial charge in [-0.05, 0) is 0 Å². The van der Waals surface area contributed by atoms with Crippen LogP contribution in [-0.4, -0.2) is 25.5 Å². The van der Waals surface area contributed by atoms with Crippen LogP contribution in [0.3, 0.4) is 0 Å². The number of hydrogen-bond acceptors (Lipinski definition) is 8. The first kappa shape index (κ1) is 13.4. The molecular weight excluding hydrogens is 272 g/mol. The highest BCUT2D eigenvalue weighted by atomic mass is 16.6. The number of nitrogens with zero attached hydrogens (tertiary/aromatic N) is 4. The van der Waals surface area contributed by atoms with Crippen LogP contribution in [0.5, 0.6) is 0 Å². The zero-order valence-electron chi connectivity index (χ0n) is 9.85. The number of rotatable bonds is 4. The molecule has 0 radical (unpaired) electrons. The second kappa shape index (κ2) is 5.27. The SMILES string of the molecule is NNC(=O)c1cc(Cn2cc([N+](=O)[O-])cnc2=O)on1. The van der Waals surface area contributed by atoms with Gasteiger partial charge >= 0.3 is 11.4 Å². The van der Waals surface area contributed by atoms with Gasteiger partial charge in [0.1, 0.15) is 6.20 Å². The number of nitrogens with two attached hydrogens (primary N) is 1. The van der Waals surface area contributed by atoms with Crippen molar-refractivity contribution in [2.45, 2.75) is 6.54 Å². The predicted molar refractivity (Wildman–Crippen MR) is 62.4 cm³/mol. The number of nitrogens with one attached hydrogen (secondary N) is 1. The topological polar surface area (TPSA) is 159 Å². The second-order valence-electron chi connectivity index (χ2n) is 3.63. The van der Waals surface area contributed by atoms with Crippen LogP contribution in [0.2, 0.25) is 0 Å². The van der Waals surface area contributed by atoms with Gasteiger partial charge in [-0.25, -0.2) is 10.6 Å². The normalized spacial score (nSPS) is 10.2. The number of carbonyl (C=O) groups excluding carboxylic acids is 1. The van der Waals surface area contributed by atoms with Gasteiger partial charge in [0, 0.05) is 6.07 Å². The lowest BCUT2D eigenvalue weighted by Crippen LogP contribution is -2.30. The summed E-state index contributed by atoms with van der Waals surface area (Å²) in [4.78, 5) is 35.9. The fourth-order valence-corrected chi connectivity index (χ4v) is 1.39. The van der Waals surface area contributed by atoms with Gasteiger partial charge in [-0.1, -0.05) is 5.16 Å². The Kier molecular flexibility index (Phi) is 3.52. The van der Waals surface area contributed by atoms with Crippen molar-refractivity contribution in [2.75, 3.05) is 0 Å². The molecule has 0 spiro atoms. The summed E-state index contributed by atoms with van der Waals surface area (Å²) in [6, 6.07) is 1.26. The van der Waals surface area contributed by atoms with Gasteiger partial charge in [0.05, 0.1) is 17.7 Å². The van der Waals surface area contributed by atoms with E-state index < -0.39 is 16.5 Å². The first-order valence-corrected chi connectivity index (χ1v) is 5.18. The molecule has 0 aliphatic heterocycles. The highest BCUT2D eigenvalue weighted by Gasteiger charge is 2.14. The third-order valence-electron chi connectivity index (χ3n) is 2.30. The maximum atomic E-state index is 11.5. The van der Waals surface area contributed by atoms with E-state index in [1.807, 2.05) is 5.43 Å². The molecule has 0 aromatic carbocycles. The van der Waals surface area contributed by atoms with Gasteiger partial charge < -0.3 is 4.52 Å². The molecule has 2 rings (SSSR count). The van der Waals surface area contributed by atoms with Crippen molar-refractivity contribution >= 4 is 11.6 Å². The van der Waals surface area contributed by atoms with Gasteiger partial charge in [-0.2, -0.15) is 4.98 Å². The minimum atomic E-state index is -0.697. The third-order valence-corrected chi connectivity index (χ3v) is 2.30. The number of carbonyl (C=O) groups is 1. The Morgan fingerprint density at radius 3 is 3.00 bits per heavy atom. The lowest BCUT2D eigenvalue weighted by molar-refractivity contribution is -0.385. The van der Waals surface area contributed by atoms with Gasteiger partial charge in [0.2, 0.25) is 0 Å². The van der Waals surface area contributed by atoms with Crippen LogP contribution < -0.4 is 17.0 Å². The number of amides is 1. The summed E-state index contributed by atoms with van der Waals surface area (Å²) in [5.74, 6) is 4.41. The Hall–Kier alpha value is -3.08. The molecular formula is C9H8N6O5. The predicted octanol–water partition coefficient (Wildman–Crippen LogP) is -1.21. The standard InChI is InChI=1S/C9H8N6O5/c10-12-8(16)7-1-6(20-13-7)4-14-3-5(15(18)19)2-11-9(14)17/h1-3H,4,10H2,(H,12,16). The molecule has 0 saturated heterocycles. The first-order chi connectivity index (χ1) is 9.51. The smallest absolute Gasteiger partial charge is 0.348 e. The third kappa shape index (κ3) is 2.67. The van der Waals surface area contributed by atoms with Crippen molar-refractivity contribution in [3.8, 4) is 0 Å². The molecule has 2 aromatic rings. The van der Waals surface area contributed by atoms with Crippen molar-refractivity contribution in [1.82, 2.24) is 20.1 Å². The van der Waals surface area contributed by atoms with Crippen molar-refractivity contribution < 1.29 is 14.2 Å². The molecule has 0 bridgehead atoms. The Bertz CT molecular complexity index is 720. The van der Waals surface area contributed by atoms with Crippen LogP contribution >= 0.6 is 0 Å². The van der Waals surface area contributed by atoms with Gasteiger partial charge in [-0.15, -0.1) is 0 Å². The number of hydrogen-bond donors (Lipinski definition) is 2. The molecule has 104 valence electrons. The summed E-state index contributed by atoms with van der Waals surface area (Å²) in [7, 11) is 0. The molecule has 11 nitrogen and oxygen atoms in total. The van der Waals surface area contributed by atoms with E-state index in [1.54, 1.807) is 0 Å². The maximum Gasteiger partial charge on any atom is 0.348 e. The van der Waals surface area contributed by atoms with E-state index in [0.717, 1.165) is 17.0 Å². The molecule has 1 amide bonds. The van der Waals surface area contributed by atoms with Crippen LogP contribution in [0, 0.1) is 10.1 Å². The maximum absolute atomic E-state index is 11.5. The fraction of sp³-hybridized carbons (Fsp3) is 0.111.